The van der Waals surface area contributed by atoms with Crippen LogP contribution >= 0.6 is 0 Å². The number of piperidine rings is 1. The Bertz CT molecular complexity index is 800. The zero-order chi connectivity index (χ0) is 18.6. The average molecular weight is 364 g/mol. The Labute approximate surface area is 162 Å². The number of nitrogens with one attached hydrogen (secondary N) is 2. The first-order valence-corrected chi connectivity index (χ1v) is 10.2. The van der Waals surface area contributed by atoms with Crippen molar-refractivity contribution in [3.05, 3.63) is 70.3 Å². The largest absolute Gasteiger partial charge is 0.334 e. The van der Waals surface area contributed by atoms with Crippen LogP contribution in [0.25, 0.3) is 0 Å². The van der Waals surface area contributed by atoms with Gasteiger partial charge >= 0.3 is 6.03 Å². The van der Waals surface area contributed by atoms with Crippen molar-refractivity contribution >= 4 is 6.03 Å². The number of carbonyl (C=O) groups excluding carboxylic acids is 1. The van der Waals surface area contributed by atoms with Crippen molar-refractivity contribution in [3.8, 4) is 0 Å². The predicted octanol–water partition coefficient (Wildman–Crippen LogP) is 3.94. The van der Waals surface area contributed by atoms with Gasteiger partial charge in [0.15, 0.2) is 0 Å². The molecule has 1 saturated heterocycles. The topological polar surface area (TPSA) is 44.4 Å². The fourth-order valence-corrected chi connectivity index (χ4v) is 4.21. The molecule has 0 spiro atoms. The summed E-state index contributed by atoms with van der Waals surface area (Å²) >= 11 is 0. The Morgan fingerprint density at radius 3 is 2.70 bits per heavy atom. The Kier molecular flexibility index (Phi) is 5.44. The molecule has 2 aromatic carbocycles. The molecular weight excluding hydrogens is 334 g/mol. The molecule has 2 amide bonds. The lowest BCUT2D eigenvalue weighted by molar-refractivity contribution is 0.179. The number of carbonyl (C=O) groups is 1. The molecule has 2 aliphatic heterocycles. The van der Waals surface area contributed by atoms with E-state index in [0.717, 1.165) is 45.4 Å². The number of fused-ring (bicyclic) bond motifs is 1. The third-order valence-electron chi connectivity index (χ3n) is 5.91. The quantitative estimate of drug-likeness (QED) is 0.864. The summed E-state index contributed by atoms with van der Waals surface area (Å²) in [6.45, 7) is 6.32. The summed E-state index contributed by atoms with van der Waals surface area (Å²) in [5.74, 6) is 0.446. The van der Waals surface area contributed by atoms with E-state index in [2.05, 4.69) is 60.0 Å². The SMILES string of the molecule is CCc1ccc(C2CCCN(C(=O)NCc3ccc4c(c3)CNC4)C2)cc1. The third kappa shape index (κ3) is 4.16. The molecule has 2 N–H and O–H groups in total. The van der Waals surface area contributed by atoms with Gasteiger partial charge in [0, 0.05) is 38.6 Å². The summed E-state index contributed by atoms with van der Waals surface area (Å²) in [5.41, 5.74) is 6.63. The summed E-state index contributed by atoms with van der Waals surface area (Å²) in [7, 11) is 0. The smallest absolute Gasteiger partial charge is 0.317 e. The molecule has 1 fully saturated rings. The average Bonchev–Trinajstić information content (AvgIpc) is 3.20. The van der Waals surface area contributed by atoms with Crippen LogP contribution in [0, 0.1) is 0 Å². The minimum Gasteiger partial charge on any atom is -0.334 e. The molecule has 2 aliphatic rings. The molecule has 4 rings (SSSR count). The van der Waals surface area contributed by atoms with Gasteiger partial charge < -0.3 is 15.5 Å². The van der Waals surface area contributed by atoms with E-state index in [1.807, 2.05) is 4.90 Å². The molecule has 0 aliphatic carbocycles. The van der Waals surface area contributed by atoms with E-state index in [4.69, 9.17) is 0 Å². The summed E-state index contributed by atoms with van der Waals surface area (Å²) in [6.07, 6.45) is 3.30. The molecule has 0 radical (unpaired) electrons. The second kappa shape index (κ2) is 8.13. The first kappa shape index (κ1) is 18.1. The molecule has 0 saturated carbocycles. The Morgan fingerprint density at radius 2 is 1.89 bits per heavy atom. The van der Waals surface area contributed by atoms with Gasteiger partial charge in [0.2, 0.25) is 0 Å². The van der Waals surface area contributed by atoms with Crippen LogP contribution in [0.4, 0.5) is 4.79 Å². The molecule has 142 valence electrons. The standard InChI is InChI=1S/C23H29N3O/c1-2-17-5-8-19(9-6-17)21-4-3-11-26(16-21)23(27)25-13-18-7-10-20-14-24-15-22(20)12-18/h5-10,12,21,24H,2-4,11,13-16H2,1H3,(H,25,27). The Hall–Kier alpha value is -2.33. The third-order valence-corrected chi connectivity index (χ3v) is 5.91. The first-order chi connectivity index (χ1) is 13.2. The van der Waals surface area contributed by atoms with Gasteiger partial charge in [0.25, 0.3) is 0 Å². The number of likely N-dealkylation sites (tertiary alicyclic amines) is 1. The van der Waals surface area contributed by atoms with Gasteiger partial charge in [-0.25, -0.2) is 4.79 Å². The zero-order valence-corrected chi connectivity index (χ0v) is 16.1. The summed E-state index contributed by atoms with van der Waals surface area (Å²) < 4.78 is 0. The van der Waals surface area contributed by atoms with Gasteiger partial charge in [0.1, 0.15) is 0 Å². The van der Waals surface area contributed by atoms with E-state index in [1.54, 1.807) is 0 Å². The number of aryl methyl sites for hydroxylation is 1. The normalized spacial score (nSPS) is 19.0. The zero-order valence-electron chi connectivity index (χ0n) is 16.1. The number of urea groups is 1. The van der Waals surface area contributed by atoms with E-state index in [1.165, 1.54) is 27.8 Å². The van der Waals surface area contributed by atoms with Crippen molar-refractivity contribution < 1.29 is 4.79 Å². The molecule has 27 heavy (non-hydrogen) atoms. The van der Waals surface area contributed by atoms with Crippen LogP contribution in [0.3, 0.4) is 0 Å². The lowest BCUT2D eigenvalue weighted by Crippen LogP contribution is -2.44. The van der Waals surface area contributed by atoms with Crippen LogP contribution in [0.1, 0.15) is 53.5 Å². The van der Waals surface area contributed by atoms with Gasteiger partial charge in [-0.15, -0.1) is 0 Å². The van der Waals surface area contributed by atoms with Gasteiger partial charge in [-0.2, -0.15) is 0 Å². The van der Waals surface area contributed by atoms with E-state index in [-0.39, 0.29) is 6.03 Å². The van der Waals surface area contributed by atoms with E-state index in [9.17, 15) is 4.79 Å². The first-order valence-electron chi connectivity index (χ1n) is 10.2. The summed E-state index contributed by atoms with van der Waals surface area (Å²) in [4.78, 5) is 14.7. The maximum absolute atomic E-state index is 12.7. The van der Waals surface area contributed by atoms with Crippen LogP contribution in [0.5, 0.6) is 0 Å². The molecule has 2 aromatic rings. The van der Waals surface area contributed by atoms with Gasteiger partial charge in [-0.05, 0) is 47.1 Å². The maximum Gasteiger partial charge on any atom is 0.317 e. The van der Waals surface area contributed by atoms with Crippen LogP contribution in [-0.4, -0.2) is 24.0 Å². The summed E-state index contributed by atoms with van der Waals surface area (Å²) in [6, 6.07) is 15.5. The van der Waals surface area contributed by atoms with Crippen molar-refractivity contribution in [1.29, 1.82) is 0 Å². The molecule has 0 aromatic heterocycles. The second-order valence-electron chi connectivity index (χ2n) is 7.75. The van der Waals surface area contributed by atoms with Crippen LogP contribution in [0.2, 0.25) is 0 Å². The van der Waals surface area contributed by atoms with E-state index >= 15 is 0 Å². The van der Waals surface area contributed by atoms with Crippen molar-refractivity contribution in [2.75, 3.05) is 13.1 Å². The highest BCUT2D eigenvalue weighted by atomic mass is 16.2. The van der Waals surface area contributed by atoms with Crippen LogP contribution in [-0.2, 0) is 26.1 Å². The molecule has 1 atom stereocenters. The highest BCUT2D eigenvalue weighted by Gasteiger charge is 2.24. The molecule has 2 heterocycles. The minimum absolute atomic E-state index is 0.0588. The summed E-state index contributed by atoms with van der Waals surface area (Å²) in [5, 5.41) is 6.48. The van der Waals surface area contributed by atoms with E-state index < -0.39 is 0 Å². The number of amides is 2. The molecular formula is C23H29N3O. The van der Waals surface area contributed by atoms with Gasteiger partial charge in [-0.1, -0.05) is 49.4 Å². The lowest BCUT2D eigenvalue weighted by Gasteiger charge is -2.33. The van der Waals surface area contributed by atoms with Crippen LogP contribution in [0.15, 0.2) is 42.5 Å². The van der Waals surface area contributed by atoms with Crippen molar-refractivity contribution in [3.63, 3.8) is 0 Å². The Morgan fingerprint density at radius 1 is 1.11 bits per heavy atom. The number of rotatable bonds is 4. The number of benzene rings is 2. The Balaban J connectivity index is 1.34. The van der Waals surface area contributed by atoms with Crippen molar-refractivity contribution in [1.82, 2.24) is 15.5 Å². The fourth-order valence-electron chi connectivity index (χ4n) is 4.21. The lowest BCUT2D eigenvalue weighted by atomic mass is 9.90. The highest BCUT2D eigenvalue weighted by molar-refractivity contribution is 5.74. The monoisotopic (exact) mass is 363 g/mol. The molecule has 4 nitrogen and oxygen atoms in total. The minimum atomic E-state index is 0.0588. The van der Waals surface area contributed by atoms with Crippen molar-refractivity contribution in [2.45, 2.75) is 51.7 Å². The van der Waals surface area contributed by atoms with Crippen LogP contribution < -0.4 is 10.6 Å². The van der Waals surface area contributed by atoms with Crippen molar-refractivity contribution in [2.24, 2.45) is 0 Å². The molecule has 0 bridgehead atoms. The number of hydrogen-bond acceptors (Lipinski definition) is 2. The second-order valence-corrected chi connectivity index (χ2v) is 7.75. The number of hydrogen-bond donors (Lipinski definition) is 2. The highest BCUT2D eigenvalue weighted by Crippen LogP contribution is 2.27. The molecule has 4 heteroatoms. The number of nitrogens with zero attached hydrogens (tertiary/aromatic N) is 1. The van der Waals surface area contributed by atoms with Gasteiger partial charge in [-0.3, -0.25) is 0 Å². The predicted molar refractivity (Wildman–Crippen MR) is 109 cm³/mol. The maximum atomic E-state index is 12.7. The van der Waals surface area contributed by atoms with E-state index in [0.29, 0.717) is 12.5 Å². The fraction of sp³-hybridized carbons (Fsp3) is 0.435. The van der Waals surface area contributed by atoms with Gasteiger partial charge in [0.05, 0.1) is 0 Å². The molecule has 1 unspecified atom stereocenters.